The zero-order valence-electron chi connectivity index (χ0n) is 10.8. The average molecular weight is 279 g/mol. The number of esters is 1. The van der Waals surface area contributed by atoms with Crippen LogP contribution in [0.5, 0.6) is 0 Å². The summed E-state index contributed by atoms with van der Waals surface area (Å²) >= 11 is 1.43. The van der Waals surface area contributed by atoms with E-state index < -0.39 is 0 Å². The number of methoxy groups -OCH3 is 1. The molecule has 0 radical (unpaired) electrons. The van der Waals surface area contributed by atoms with Crippen LogP contribution in [0.3, 0.4) is 0 Å². The smallest absolute Gasteiger partial charge is 0.348 e. The molecule has 0 saturated heterocycles. The molecule has 19 heavy (non-hydrogen) atoms. The van der Waals surface area contributed by atoms with Crippen LogP contribution in [-0.2, 0) is 9.47 Å². The van der Waals surface area contributed by atoms with Crippen LogP contribution in [0.4, 0.5) is 5.69 Å². The lowest BCUT2D eigenvalue weighted by Crippen LogP contribution is -2.05. The van der Waals surface area contributed by atoms with Crippen molar-refractivity contribution >= 4 is 33.1 Å². The van der Waals surface area contributed by atoms with E-state index in [0.717, 1.165) is 22.9 Å². The summed E-state index contributed by atoms with van der Waals surface area (Å²) in [5, 5.41) is 0.983. The van der Waals surface area contributed by atoms with Gasteiger partial charge in [-0.25, -0.2) is 4.79 Å². The summed E-state index contributed by atoms with van der Waals surface area (Å²) in [6, 6.07) is 7.44. The van der Waals surface area contributed by atoms with Crippen molar-refractivity contribution in [1.29, 1.82) is 0 Å². The summed E-state index contributed by atoms with van der Waals surface area (Å²) in [6.45, 7) is 1.12. The van der Waals surface area contributed by atoms with Gasteiger partial charge >= 0.3 is 5.97 Å². The van der Waals surface area contributed by atoms with Crippen molar-refractivity contribution in [2.75, 3.05) is 26.1 Å². The van der Waals surface area contributed by atoms with Crippen molar-refractivity contribution < 1.29 is 14.3 Å². The van der Waals surface area contributed by atoms with Crippen LogP contribution >= 0.6 is 11.3 Å². The van der Waals surface area contributed by atoms with Crippen LogP contribution < -0.4 is 5.73 Å². The summed E-state index contributed by atoms with van der Waals surface area (Å²) in [4.78, 5) is 12.5. The first-order valence-corrected chi connectivity index (χ1v) is 6.97. The summed E-state index contributed by atoms with van der Waals surface area (Å²) in [5.41, 5.74) is 6.41. The van der Waals surface area contributed by atoms with Crippen LogP contribution in [-0.4, -0.2) is 26.3 Å². The van der Waals surface area contributed by atoms with Gasteiger partial charge in [-0.3, -0.25) is 0 Å². The third-order valence-electron chi connectivity index (χ3n) is 2.72. The molecule has 2 aromatic rings. The predicted octanol–water partition coefficient (Wildman–Crippen LogP) is 3.07. The lowest BCUT2D eigenvalue weighted by Gasteiger charge is -2.02. The number of benzene rings is 1. The van der Waals surface area contributed by atoms with E-state index in [1.165, 1.54) is 11.3 Å². The Balaban J connectivity index is 1.94. The molecule has 0 aliphatic heterocycles. The molecule has 0 spiro atoms. The van der Waals surface area contributed by atoms with Gasteiger partial charge in [0, 0.05) is 24.1 Å². The molecule has 0 aliphatic carbocycles. The summed E-state index contributed by atoms with van der Waals surface area (Å²) in [6.07, 6.45) is 1.71. The highest BCUT2D eigenvalue weighted by atomic mass is 32.1. The van der Waals surface area contributed by atoms with Crippen LogP contribution in [0.15, 0.2) is 24.3 Å². The van der Waals surface area contributed by atoms with E-state index in [0.29, 0.717) is 23.8 Å². The number of thiophene rings is 1. The van der Waals surface area contributed by atoms with Crippen molar-refractivity contribution in [2.45, 2.75) is 12.8 Å². The van der Waals surface area contributed by atoms with Gasteiger partial charge in [0.1, 0.15) is 4.88 Å². The molecule has 0 saturated carbocycles. The molecule has 1 heterocycles. The number of carbonyl (C=O) groups is 1. The first-order valence-electron chi connectivity index (χ1n) is 6.16. The van der Waals surface area contributed by atoms with E-state index in [4.69, 9.17) is 15.2 Å². The van der Waals surface area contributed by atoms with Crippen molar-refractivity contribution in [3.63, 3.8) is 0 Å². The number of nitrogen functional groups attached to an aromatic ring is 1. The second-order valence-electron chi connectivity index (χ2n) is 4.24. The quantitative estimate of drug-likeness (QED) is 0.501. The minimum Gasteiger partial charge on any atom is -0.462 e. The minimum atomic E-state index is -0.266. The highest BCUT2D eigenvalue weighted by molar-refractivity contribution is 7.20. The molecule has 0 fully saturated rings. The van der Waals surface area contributed by atoms with E-state index in [-0.39, 0.29) is 5.97 Å². The molecular formula is C14H17NO3S. The van der Waals surface area contributed by atoms with Gasteiger partial charge in [-0.15, -0.1) is 11.3 Å². The highest BCUT2D eigenvalue weighted by Crippen LogP contribution is 2.27. The Kier molecular flexibility index (Phi) is 4.76. The van der Waals surface area contributed by atoms with Gasteiger partial charge in [0.15, 0.2) is 0 Å². The average Bonchev–Trinajstić information content (AvgIpc) is 2.81. The largest absolute Gasteiger partial charge is 0.462 e. The molecule has 0 aliphatic rings. The zero-order valence-corrected chi connectivity index (χ0v) is 11.7. The van der Waals surface area contributed by atoms with Crippen molar-refractivity contribution in [3.8, 4) is 0 Å². The fourth-order valence-electron chi connectivity index (χ4n) is 1.75. The Morgan fingerprint density at radius 3 is 2.84 bits per heavy atom. The van der Waals surface area contributed by atoms with E-state index in [1.54, 1.807) is 7.11 Å². The van der Waals surface area contributed by atoms with Crippen LogP contribution in [0.25, 0.3) is 10.1 Å². The second-order valence-corrected chi connectivity index (χ2v) is 5.33. The molecule has 2 N–H and O–H groups in total. The number of ether oxygens (including phenoxy) is 2. The maximum Gasteiger partial charge on any atom is 0.348 e. The topological polar surface area (TPSA) is 61.5 Å². The molecule has 0 bridgehead atoms. The van der Waals surface area contributed by atoms with Gasteiger partial charge in [0.2, 0.25) is 0 Å². The van der Waals surface area contributed by atoms with Crippen LogP contribution in [0.1, 0.15) is 22.5 Å². The highest BCUT2D eigenvalue weighted by Gasteiger charge is 2.11. The maximum atomic E-state index is 11.9. The predicted molar refractivity (Wildman–Crippen MR) is 77.6 cm³/mol. The van der Waals surface area contributed by atoms with Crippen molar-refractivity contribution in [2.24, 2.45) is 0 Å². The molecular weight excluding hydrogens is 262 g/mol. The van der Waals surface area contributed by atoms with Gasteiger partial charge in [0.25, 0.3) is 0 Å². The number of fused-ring (bicyclic) bond motifs is 1. The van der Waals surface area contributed by atoms with Crippen LogP contribution in [0, 0.1) is 0 Å². The molecule has 1 aromatic heterocycles. The Morgan fingerprint density at radius 1 is 1.26 bits per heavy atom. The Morgan fingerprint density at radius 2 is 2.05 bits per heavy atom. The number of hydrogen-bond donors (Lipinski definition) is 1. The summed E-state index contributed by atoms with van der Waals surface area (Å²) < 4.78 is 11.2. The number of nitrogens with two attached hydrogens (primary N) is 1. The molecule has 5 heteroatoms. The monoisotopic (exact) mass is 279 g/mol. The Hall–Kier alpha value is -1.59. The van der Waals surface area contributed by atoms with E-state index in [2.05, 4.69) is 0 Å². The minimum absolute atomic E-state index is 0.266. The van der Waals surface area contributed by atoms with Crippen molar-refractivity contribution in [3.05, 3.63) is 29.1 Å². The maximum absolute atomic E-state index is 11.9. The molecule has 0 unspecified atom stereocenters. The van der Waals surface area contributed by atoms with Gasteiger partial charge in [-0.05, 0) is 42.5 Å². The first-order chi connectivity index (χ1) is 9.20. The van der Waals surface area contributed by atoms with Gasteiger partial charge in [0.05, 0.1) is 6.61 Å². The molecule has 4 nitrogen and oxygen atoms in total. The standard InChI is InChI=1S/C14H17NO3S/c1-17-6-2-3-7-18-14(16)13-9-10-8-11(15)4-5-12(10)19-13/h4-5,8-9H,2-3,6-7,15H2,1H3. The third kappa shape index (κ3) is 3.68. The number of unbranched alkanes of at least 4 members (excludes halogenated alkanes) is 1. The van der Waals surface area contributed by atoms with Crippen LogP contribution in [0.2, 0.25) is 0 Å². The van der Waals surface area contributed by atoms with Crippen molar-refractivity contribution in [1.82, 2.24) is 0 Å². The van der Waals surface area contributed by atoms with E-state index >= 15 is 0 Å². The molecule has 2 rings (SSSR count). The number of rotatable bonds is 6. The second kappa shape index (κ2) is 6.54. The number of carbonyl (C=O) groups excluding carboxylic acids is 1. The van der Waals surface area contributed by atoms with E-state index in [1.807, 2.05) is 24.3 Å². The number of hydrogen-bond acceptors (Lipinski definition) is 5. The number of anilines is 1. The third-order valence-corrected chi connectivity index (χ3v) is 3.81. The molecule has 0 amide bonds. The Labute approximate surface area is 116 Å². The fraction of sp³-hybridized carbons (Fsp3) is 0.357. The molecule has 102 valence electrons. The lowest BCUT2D eigenvalue weighted by molar-refractivity contribution is 0.0495. The van der Waals surface area contributed by atoms with Gasteiger partial charge < -0.3 is 15.2 Å². The Bertz CT molecular complexity index is 565. The van der Waals surface area contributed by atoms with Gasteiger partial charge in [-0.1, -0.05) is 0 Å². The normalized spacial score (nSPS) is 10.8. The fourth-order valence-corrected chi connectivity index (χ4v) is 2.68. The lowest BCUT2D eigenvalue weighted by atomic mass is 10.2. The summed E-state index contributed by atoms with van der Waals surface area (Å²) in [5.74, 6) is -0.266. The first kappa shape index (κ1) is 13.8. The van der Waals surface area contributed by atoms with Gasteiger partial charge in [-0.2, -0.15) is 0 Å². The zero-order chi connectivity index (χ0) is 13.7. The summed E-state index contributed by atoms with van der Waals surface area (Å²) in [7, 11) is 1.66. The molecule has 0 atom stereocenters. The SMILES string of the molecule is COCCCCOC(=O)c1cc2cc(N)ccc2s1. The molecule has 1 aromatic carbocycles. The van der Waals surface area contributed by atoms with E-state index in [9.17, 15) is 4.79 Å².